The fourth-order valence-electron chi connectivity index (χ4n) is 3.50. The summed E-state index contributed by atoms with van der Waals surface area (Å²) >= 11 is 0. The number of amides is 1. The van der Waals surface area contributed by atoms with Gasteiger partial charge in [-0.05, 0) is 67.9 Å². The molecule has 2 aromatic rings. The number of likely N-dealkylation sites (N-methyl/N-ethyl adjacent to an activating group) is 1. The molecule has 5 heteroatoms. The zero-order chi connectivity index (χ0) is 21.4. The van der Waals surface area contributed by atoms with Crippen molar-refractivity contribution >= 4 is 5.91 Å². The van der Waals surface area contributed by atoms with Crippen molar-refractivity contribution < 1.29 is 14.3 Å². The Morgan fingerprint density at radius 1 is 0.897 bits per heavy atom. The maximum atomic E-state index is 13.0. The second-order valence-electron chi connectivity index (χ2n) is 7.05. The van der Waals surface area contributed by atoms with Gasteiger partial charge in [0.15, 0.2) is 11.5 Å². The fourth-order valence-corrected chi connectivity index (χ4v) is 3.50. The predicted molar refractivity (Wildman–Crippen MR) is 119 cm³/mol. The third-order valence-electron chi connectivity index (χ3n) is 5.19. The molecule has 1 fully saturated rings. The molecule has 0 N–H and O–H groups in total. The number of carbonyl (C=O) groups is 1. The Kier molecular flexibility index (Phi) is 8.52. The van der Waals surface area contributed by atoms with Gasteiger partial charge in [0, 0.05) is 25.2 Å². The highest BCUT2D eigenvalue weighted by atomic mass is 16.5. The van der Waals surface area contributed by atoms with Crippen molar-refractivity contribution in [1.29, 1.82) is 0 Å². The summed E-state index contributed by atoms with van der Waals surface area (Å²) < 4.78 is 10.8. The first kappa shape index (κ1) is 22.8. The second kappa shape index (κ2) is 10.9. The Labute approximate surface area is 175 Å². The average molecular weight is 399 g/mol. The third-order valence-corrected chi connectivity index (χ3v) is 5.19. The number of hydrogen-bond acceptors (Lipinski definition) is 4. The summed E-state index contributed by atoms with van der Waals surface area (Å²) in [5.74, 6) is 1.48. The Hall–Kier alpha value is -2.53. The molecule has 0 atom stereocenters. The average Bonchev–Trinajstić information content (AvgIpc) is 2.99. The minimum absolute atomic E-state index is 0.104. The lowest BCUT2D eigenvalue weighted by atomic mass is 9.97. The molecule has 5 nitrogen and oxygen atoms in total. The van der Waals surface area contributed by atoms with Crippen molar-refractivity contribution in [2.75, 3.05) is 47.4 Å². The van der Waals surface area contributed by atoms with Gasteiger partial charge in [-0.1, -0.05) is 26.0 Å². The van der Waals surface area contributed by atoms with Crippen LogP contribution in [-0.4, -0.2) is 63.2 Å². The smallest absolute Gasteiger partial charge is 0.253 e. The van der Waals surface area contributed by atoms with Crippen molar-refractivity contribution in [2.24, 2.45) is 0 Å². The molecular weight excluding hydrogens is 364 g/mol. The van der Waals surface area contributed by atoms with Crippen LogP contribution >= 0.6 is 0 Å². The van der Waals surface area contributed by atoms with Crippen molar-refractivity contribution in [3.8, 4) is 22.6 Å². The van der Waals surface area contributed by atoms with E-state index in [1.54, 1.807) is 14.2 Å². The minimum atomic E-state index is 0.104. The molecule has 0 spiro atoms. The number of aryl methyl sites for hydroxylation is 1. The van der Waals surface area contributed by atoms with Crippen LogP contribution in [0.3, 0.4) is 0 Å². The maximum absolute atomic E-state index is 13.0. The van der Waals surface area contributed by atoms with E-state index in [1.165, 1.54) is 0 Å². The maximum Gasteiger partial charge on any atom is 0.253 e. The van der Waals surface area contributed by atoms with Gasteiger partial charge in [-0.15, -0.1) is 0 Å². The molecule has 0 bridgehead atoms. The summed E-state index contributed by atoms with van der Waals surface area (Å²) in [4.78, 5) is 17.3. The fraction of sp³-hybridized carbons (Fsp3) is 0.458. The van der Waals surface area contributed by atoms with E-state index >= 15 is 0 Å². The zero-order valence-corrected chi connectivity index (χ0v) is 18.6. The molecule has 0 radical (unpaired) electrons. The van der Waals surface area contributed by atoms with Gasteiger partial charge >= 0.3 is 0 Å². The molecule has 0 aromatic heterocycles. The van der Waals surface area contributed by atoms with Gasteiger partial charge < -0.3 is 19.3 Å². The topological polar surface area (TPSA) is 42.0 Å². The molecule has 1 amide bonds. The number of ether oxygens (including phenoxy) is 2. The summed E-state index contributed by atoms with van der Waals surface area (Å²) in [6.07, 6.45) is 1.01. The Bertz CT molecular complexity index is 820. The lowest BCUT2D eigenvalue weighted by Crippen LogP contribution is -2.34. The molecule has 29 heavy (non-hydrogen) atoms. The SMILES string of the molecule is CC.COc1ccc(-c2cc(C(=O)N3CCCN(C)CC3)ccc2C)cc1OC. The number of methoxy groups -OCH3 is 2. The van der Waals surface area contributed by atoms with Crippen LogP contribution in [0, 0.1) is 6.92 Å². The first-order valence-corrected chi connectivity index (χ1v) is 10.3. The molecule has 3 rings (SSSR count). The Balaban J connectivity index is 0.00000145. The standard InChI is InChI=1S/C22H28N2O3.C2H6/c1-16-6-7-18(22(25)24-11-5-10-23(2)12-13-24)14-19(16)17-8-9-20(26-3)21(15-17)27-4;1-2/h6-9,14-15H,5,10-13H2,1-4H3;1-2H3. The largest absolute Gasteiger partial charge is 0.493 e. The van der Waals surface area contributed by atoms with Gasteiger partial charge in [0.25, 0.3) is 5.91 Å². The van der Waals surface area contributed by atoms with Gasteiger partial charge in [0.1, 0.15) is 0 Å². The lowest BCUT2D eigenvalue weighted by Gasteiger charge is -2.21. The third kappa shape index (κ3) is 5.51. The highest BCUT2D eigenvalue weighted by Crippen LogP contribution is 2.34. The summed E-state index contributed by atoms with van der Waals surface area (Å²) in [7, 11) is 5.36. The Morgan fingerprint density at radius 3 is 2.31 bits per heavy atom. The summed E-state index contributed by atoms with van der Waals surface area (Å²) in [6, 6.07) is 11.8. The second-order valence-corrected chi connectivity index (χ2v) is 7.05. The summed E-state index contributed by atoms with van der Waals surface area (Å²) in [5.41, 5.74) is 3.90. The van der Waals surface area contributed by atoms with Crippen LogP contribution in [0.2, 0.25) is 0 Å². The summed E-state index contributed by atoms with van der Waals surface area (Å²) in [6.45, 7) is 9.59. The van der Waals surface area contributed by atoms with E-state index in [0.29, 0.717) is 11.5 Å². The van der Waals surface area contributed by atoms with Gasteiger partial charge in [0.05, 0.1) is 14.2 Å². The van der Waals surface area contributed by atoms with Gasteiger partial charge in [-0.2, -0.15) is 0 Å². The summed E-state index contributed by atoms with van der Waals surface area (Å²) in [5, 5.41) is 0. The molecule has 0 unspecified atom stereocenters. The molecule has 2 aromatic carbocycles. The van der Waals surface area contributed by atoms with Crippen LogP contribution in [0.15, 0.2) is 36.4 Å². The van der Waals surface area contributed by atoms with E-state index in [9.17, 15) is 4.79 Å². The van der Waals surface area contributed by atoms with Crippen LogP contribution < -0.4 is 9.47 Å². The number of rotatable bonds is 4. The van der Waals surface area contributed by atoms with Crippen LogP contribution in [0.5, 0.6) is 11.5 Å². The molecule has 1 aliphatic rings. The predicted octanol–water partition coefficient (Wildman–Crippen LogP) is 4.48. The number of benzene rings is 2. The first-order valence-electron chi connectivity index (χ1n) is 10.3. The van der Waals surface area contributed by atoms with Gasteiger partial charge in [0.2, 0.25) is 0 Å². The molecule has 1 saturated heterocycles. The molecule has 0 saturated carbocycles. The van der Waals surface area contributed by atoms with E-state index in [2.05, 4.69) is 18.9 Å². The van der Waals surface area contributed by atoms with E-state index in [1.807, 2.05) is 55.1 Å². The van der Waals surface area contributed by atoms with Gasteiger partial charge in [-0.25, -0.2) is 0 Å². The highest BCUT2D eigenvalue weighted by Gasteiger charge is 2.20. The first-order chi connectivity index (χ1) is 14.0. The Morgan fingerprint density at radius 2 is 1.62 bits per heavy atom. The van der Waals surface area contributed by atoms with E-state index in [-0.39, 0.29) is 5.91 Å². The number of nitrogens with zero attached hydrogens (tertiary/aromatic N) is 2. The number of hydrogen-bond donors (Lipinski definition) is 0. The lowest BCUT2D eigenvalue weighted by molar-refractivity contribution is 0.0763. The molecule has 1 aliphatic heterocycles. The molecule has 1 heterocycles. The molecule has 0 aliphatic carbocycles. The van der Waals surface area contributed by atoms with Crippen molar-refractivity contribution in [3.05, 3.63) is 47.5 Å². The monoisotopic (exact) mass is 398 g/mol. The normalized spacial score (nSPS) is 14.5. The van der Waals surface area contributed by atoms with Crippen molar-refractivity contribution in [1.82, 2.24) is 9.80 Å². The highest BCUT2D eigenvalue weighted by molar-refractivity contribution is 5.96. The van der Waals surface area contributed by atoms with Crippen LogP contribution in [0.25, 0.3) is 11.1 Å². The van der Waals surface area contributed by atoms with E-state index in [0.717, 1.165) is 54.9 Å². The molecular formula is C24H34N2O3. The van der Waals surface area contributed by atoms with E-state index in [4.69, 9.17) is 9.47 Å². The zero-order valence-electron chi connectivity index (χ0n) is 18.6. The molecule has 158 valence electrons. The van der Waals surface area contributed by atoms with Crippen molar-refractivity contribution in [3.63, 3.8) is 0 Å². The van der Waals surface area contributed by atoms with Gasteiger partial charge in [-0.3, -0.25) is 4.79 Å². The van der Waals surface area contributed by atoms with Crippen LogP contribution in [0.4, 0.5) is 0 Å². The number of carbonyl (C=O) groups excluding carboxylic acids is 1. The quantitative estimate of drug-likeness (QED) is 0.761. The van der Waals surface area contributed by atoms with E-state index < -0.39 is 0 Å². The van der Waals surface area contributed by atoms with Crippen molar-refractivity contribution in [2.45, 2.75) is 27.2 Å². The minimum Gasteiger partial charge on any atom is -0.493 e. The van der Waals surface area contributed by atoms with Crippen LogP contribution in [-0.2, 0) is 0 Å². The van der Waals surface area contributed by atoms with Crippen LogP contribution in [0.1, 0.15) is 36.2 Å².